The Labute approximate surface area is 98.7 Å². The Morgan fingerprint density at radius 2 is 1.80 bits per heavy atom. The van der Waals surface area contributed by atoms with E-state index in [0.717, 1.165) is 5.56 Å². The number of halogens is 2. The van der Waals surface area contributed by atoms with E-state index in [4.69, 9.17) is 23.2 Å². The standard InChI is InChI=1S/C9H9Cl2NO2S/c1-7-2-4-8(5-3-7)15(13,14)6-12-9(10)11/h2-5H,6H2,1H3. The number of nitrogens with zero attached hydrogens (tertiary/aromatic N) is 1. The quantitative estimate of drug-likeness (QED) is 0.789. The lowest BCUT2D eigenvalue weighted by Gasteiger charge is -2.01. The van der Waals surface area contributed by atoms with Crippen molar-refractivity contribution in [2.45, 2.75) is 11.8 Å². The maximum Gasteiger partial charge on any atom is 0.198 e. The first-order valence-electron chi connectivity index (χ1n) is 4.07. The minimum absolute atomic E-state index is 0.214. The molecular weight excluding hydrogens is 257 g/mol. The molecule has 0 aliphatic carbocycles. The van der Waals surface area contributed by atoms with Crippen molar-refractivity contribution >= 4 is 37.7 Å². The molecule has 0 aliphatic rings. The number of benzene rings is 1. The van der Waals surface area contributed by atoms with Crippen molar-refractivity contribution < 1.29 is 8.42 Å². The van der Waals surface area contributed by atoms with Crippen molar-refractivity contribution in [3.05, 3.63) is 29.8 Å². The van der Waals surface area contributed by atoms with Gasteiger partial charge in [0.05, 0.1) is 4.90 Å². The molecule has 0 spiro atoms. The van der Waals surface area contributed by atoms with Gasteiger partial charge in [-0.1, -0.05) is 17.7 Å². The van der Waals surface area contributed by atoms with E-state index in [0.29, 0.717) is 0 Å². The van der Waals surface area contributed by atoms with E-state index in [2.05, 4.69) is 4.99 Å². The van der Waals surface area contributed by atoms with Gasteiger partial charge in [0, 0.05) is 0 Å². The molecule has 1 aromatic rings. The summed E-state index contributed by atoms with van der Waals surface area (Å²) >= 11 is 10.5. The zero-order valence-corrected chi connectivity index (χ0v) is 10.3. The fraction of sp³-hybridized carbons (Fsp3) is 0.222. The Kier molecular flexibility index (Phi) is 4.13. The van der Waals surface area contributed by atoms with E-state index in [1.165, 1.54) is 12.1 Å². The van der Waals surface area contributed by atoms with Crippen LogP contribution < -0.4 is 0 Å². The summed E-state index contributed by atoms with van der Waals surface area (Å²) in [6, 6.07) is 6.50. The normalized spacial score (nSPS) is 11.1. The Balaban J connectivity index is 2.97. The maximum absolute atomic E-state index is 11.6. The summed E-state index contributed by atoms with van der Waals surface area (Å²) in [4.78, 5) is 3.67. The maximum atomic E-state index is 11.6. The number of hydrogen-bond acceptors (Lipinski definition) is 3. The van der Waals surface area contributed by atoms with E-state index in [1.807, 2.05) is 6.92 Å². The van der Waals surface area contributed by atoms with Crippen LogP contribution in [0.4, 0.5) is 0 Å². The number of aliphatic imine (C=N–C) groups is 1. The molecule has 0 N–H and O–H groups in total. The van der Waals surface area contributed by atoms with Crippen molar-refractivity contribution in [1.82, 2.24) is 0 Å². The third-order valence-corrected chi connectivity index (χ3v) is 3.43. The van der Waals surface area contributed by atoms with Crippen molar-refractivity contribution in [2.24, 2.45) is 4.99 Å². The summed E-state index contributed by atoms with van der Waals surface area (Å²) in [6.45, 7) is 1.88. The van der Waals surface area contributed by atoms with Gasteiger partial charge in [0.1, 0.15) is 5.88 Å². The van der Waals surface area contributed by atoms with Gasteiger partial charge in [-0.05, 0) is 42.3 Å². The molecule has 0 amide bonds. The van der Waals surface area contributed by atoms with E-state index in [1.54, 1.807) is 12.1 Å². The molecule has 0 aliphatic heterocycles. The van der Waals surface area contributed by atoms with Crippen molar-refractivity contribution in [3.63, 3.8) is 0 Å². The zero-order chi connectivity index (χ0) is 11.5. The van der Waals surface area contributed by atoms with E-state index in [9.17, 15) is 8.42 Å². The van der Waals surface area contributed by atoms with E-state index in [-0.39, 0.29) is 9.53 Å². The molecule has 0 saturated heterocycles. The summed E-state index contributed by atoms with van der Waals surface area (Å²) in [5.41, 5.74) is 0.993. The fourth-order valence-electron chi connectivity index (χ4n) is 0.954. The second-order valence-electron chi connectivity index (χ2n) is 2.96. The molecule has 6 heteroatoms. The van der Waals surface area contributed by atoms with Crippen LogP contribution in [-0.2, 0) is 9.84 Å². The molecule has 15 heavy (non-hydrogen) atoms. The van der Waals surface area contributed by atoms with Gasteiger partial charge in [0.15, 0.2) is 14.5 Å². The van der Waals surface area contributed by atoms with Crippen LogP contribution >= 0.6 is 23.2 Å². The average molecular weight is 266 g/mol. The summed E-state index contributed by atoms with van der Waals surface area (Å²) < 4.78 is 23.0. The third kappa shape index (κ3) is 3.81. The summed E-state index contributed by atoms with van der Waals surface area (Å²) in [5.74, 6) is -0.432. The van der Waals surface area contributed by atoms with E-state index >= 15 is 0 Å². The van der Waals surface area contributed by atoms with Gasteiger partial charge in [0.2, 0.25) is 0 Å². The van der Waals surface area contributed by atoms with Crippen LogP contribution in [0.3, 0.4) is 0 Å². The fourth-order valence-corrected chi connectivity index (χ4v) is 2.21. The number of sulfone groups is 1. The lowest BCUT2D eigenvalue weighted by atomic mass is 10.2. The van der Waals surface area contributed by atoms with Gasteiger partial charge in [-0.3, -0.25) is 0 Å². The molecule has 0 fully saturated rings. The first kappa shape index (κ1) is 12.5. The zero-order valence-electron chi connectivity index (χ0n) is 7.94. The lowest BCUT2D eigenvalue weighted by Crippen LogP contribution is -2.05. The molecule has 0 heterocycles. The van der Waals surface area contributed by atoms with Crippen LogP contribution in [0.2, 0.25) is 0 Å². The van der Waals surface area contributed by atoms with Gasteiger partial charge in [-0.2, -0.15) is 0 Å². The van der Waals surface area contributed by atoms with Crippen LogP contribution in [0, 0.1) is 6.92 Å². The molecule has 3 nitrogen and oxygen atoms in total. The SMILES string of the molecule is Cc1ccc(S(=O)(=O)CN=C(Cl)Cl)cc1. The lowest BCUT2D eigenvalue weighted by molar-refractivity contribution is 0.596. The van der Waals surface area contributed by atoms with Gasteiger partial charge in [-0.15, -0.1) is 0 Å². The predicted molar refractivity (Wildman–Crippen MR) is 62.4 cm³/mol. The summed E-state index contributed by atoms with van der Waals surface area (Å²) in [5, 5.41) is 0. The van der Waals surface area contributed by atoms with Crippen LogP contribution in [0.5, 0.6) is 0 Å². The molecule has 82 valence electrons. The minimum atomic E-state index is -3.43. The van der Waals surface area contributed by atoms with Crippen LogP contribution in [0.1, 0.15) is 5.56 Å². The number of aryl methyl sites for hydroxylation is 1. The van der Waals surface area contributed by atoms with Crippen molar-refractivity contribution in [3.8, 4) is 0 Å². The predicted octanol–water partition coefficient (Wildman–Crippen LogP) is 2.56. The molecule has 0 bridgehead atoms. The largest absolute Gasteiger partial charge is 0.246 e. The monoisotopic (exact) mass is 265 g/mol. The highest BCUT2D eigenvalue weighted by molar-refractivity contribution is 7.91. The number of hydrogen-bond donors (Lipinski definition) is 0. The highest BCUT2D eigenvalue weighted by atomic mass is 35.5. The van der Waals surface area contributed by atoms with Crippen LogP contribution in [0.15, 0.2) is 34.2 Å². The minimum Gasteiger partial charge on any atom is -0.246 e. The molecule has 0 radical (unpaired) electrons. The molecule has 0 saturated carbocycles. The molecular formula is C9H9Cl2NO2S. The Morgan fingerprint density at radius 1 is 1.27 bits per heavy atom. The topological polar surface area (TPSA) is 46.5 Å². The van der Waals surface area contributed by atoms with Gasteiger partial charge >= 0.3 is 0 Å². The summed E-state index contributed by atoms with van der Waals surface area (Å²) in [6.07, 6.45) is 0. The third-order valence-electron chi connectivity index (χ3n) is 1.73. The smallest absolute Gasteiger partial charge is 0.198 e. The highest BCUT2D eigenvalue weighted by Gasteiger charge is 2.12. The van der Waals surface area contributed by atoms with Gasteiger partial charge < -0.3 is 0 Å². The molecule has 0 unspecified atom stereocenters. The Hall–Kier alpha value is -0.580. The van der Waals surface area contributed by atoms with Crippen molar-refractivity contribution in [2.75, 3.05) is 5.88 Å². The average Bonchev–Trinajstić information content (AvgIpc) is 2.16. The van der Waals surface area contributed by atoms with Gasteiger partial charge in [0.25, 0.3) is 0 Å². The molecule has 1 rings (SSSR count). The molecule has 0 atom stereocenters. The van der Waals surface area contributed by atoms with Crippen LogP contribution in [-0.4, -0.2) is 18.9 Å². The highest BCUT2D eigenvalue weighted by Crippen LogP contribution is 2.12. The molecule has 1 aromatic carbocycles. The van der Waals surface area contributed by atoms with Gasteiger partial charge in [-0.25, -0.2) is 13.4 Å². The summed E-state index contributed by atoms with van der Waals surface area (Å²) in [7, 11) is -3.43. The Morgan fingerprint density at radius 3 is 2.27 bits per heavy atom. The number of rotatable bonds is 3. The second-order valence-corrected chi connectivity index (χ2v) is 5.82. The second kappa shape index (κ2) is 4.96. The molecule has 0 aromatic heterocycles. The first-order valence-corrected chi connectivity index (χ1v) is 6.47. The van der Waals surface area contributed by atoms with Crippen LogP contribution in [0.25, 0.3) is 0 Å². The van der Waals surface area contributed by atoms with Crippen molar-refractivity contribution in [1.29, 1.82) is 0 Å². The Bertz CT molecular complexity index is 461. The first-order chi connectivity index (χ1) is 6.92. The van der Waals surface area contributed by atoms with E-state index < -0.39 is 15.7 Å².